The zero-order valence-electron chi connectivity index (χ0n) is 15.6. The topological polar surface area (TPSA) is 78.6 Å². The molecule has 10 heteroatoms. The van der Waals surface area contributed by atoms with Gasteiger partial charge in [-0.1, -0.05) is 0 Å². The zero-order valence-corrected chi connectivity index (χ0v) is 16.4. The summed E-state index contributed by atoms with van der Waals surface area (Å²) in [6.45, 7) is 4.86. The number of rotatable bonds is 5. The Balaban J connectivity index is 2.13. The number of carbonyl (C=O) groups excluding carboxylic acids is 1. The molecular formula is C19H16F3NO5S. The second kappa shape index (κ2) is 7.86. The highest BCUT2D eigenvalue weighted by Crippen LogP contribution is 2.38. The van der Waals surface area contributed by atoms with Gasteiger partial charge in [0.2, 0.25) is 11.2 Å². The van der Waals surface area contributed by atoms with E-state index in [0.29, 0.717) is 5.01 Å². The average Bonchev–Trinajstić information content (AvgIpc) is 3.06. The van der Waals surface area contributed by atoms with E-state index in [4.69, 9.17) is 13.9 Å². The Bertz CT molecular complexity index is 1120. The normalized spacial score (nSPS) is 12.8. The summed E-state index contributed by atoms with van der Waals surface area (Å²) < 4.78 is 56.1. The summed E-state index contributed by atoms with van der Waals surface area (Å²) in [6, 6.07) is 3.80. The van der Waals surface area contributed by atoms with Gasteiger partial charge in [0.15, 0.2) is 6.10 Å². The molecule has 0 radical (unpaired) electrons. The minimum Gasteiger partial charge on any atom is -0.479 e. The van der Waals surface area contributed by atoms with Crippen LogP contribution in [0.15, 0.2) is 32.8 Å². The van der Waals surface area contributed by atoms with Gasteiger partial charge in [-0.15, -0.1) is 11.3 Å². The summed E-state index contributed by atoms with van der Waals surface area (Å²) >= 11 is 1.13. The van der Waals surface area contributed by atoms with Gasteiger partial charge in [-0.25, -0.2) is 9.78 Å². The molecule has 3 rings (SSSR count). The van der Waals surface area contributed by atoms with Gasteiger partial charge in [-0.3, -0.25) is 4.79 Å². The maximum Gasteiger partial charge on any atom is 0.450 e. The molecule has 0 bridgehead atoms. The lowest BCUT2D eigenvalue weighted by atomic mass is 10.1. The molecule has 2 aromatic heterocycles. The molecule has 154 valence electrons. The van der Waals surface area contributed by atoms with Gasteiger partial charge < -0.3 is 13.9 Å². The minimum absolute atomic E-state index is 0.0604. The monoisotopic (exact) mass is 427 g/mol. The summed E-state index contributed by atoms with van der Waals surface area (Å²) in [4.78, 5) is 28.5. The Morgan fingerprint density at radius 3 is 2.66 bits per heavy atom. The van der Waals surface area contributed by atoms with E-state index in [0.717, 1.165) is 17.4 Å². The number of hydrogen-bond donors (Lipinski definition) is 0. The smallest absolute Gasteiger partial charge is 0.450 e. The molecule has 0 saturated carbocycles. The van der Waals surface area contributed by atoms with E-state index in [-0.39, 0.29) is 29.0 Å². The number of nitrogens with zero attached hydrogens (tertiary/aromatic N) is 1. The number of alkyl halides is 3. The quantitative estimate of drug-likeness (QED) is 0.555. The Morgan fingerprint density at radius 2 is 2.07 bits per heavy atom. The van der Waals surface area contributed by atoms with Crippen molar-refractivity contribution in [1.29, 1.82) is 0 Å². The average molecular weight is 427 g/mol. The van der Waals surface area contributed by atoms with E-state index in [9.17, 15) is 22.8 Å². The third-order valence-electron chi connectivity index (χ3n) is 3.93. The highest BCUT2D eigenvalue weighted by Gasteiger charge is 2.40. The first-order valence-electron chi connectivity index (χ1n) is 8.55. The van der Waals surface area contributed by atoms with E-state index in [1.807, 2.05) is 0 Å². The molecule has 6 nitrogen and oxygen atoms in total. The molecule has 29 heavy (non-hydrogen) atoms. The minimum atomic E-state index is -4.91. The number of fused-ring (bicyclic) bond motifs is 1. The Morgan fingerprint density at radius 1 is 1.34 bits per heavy atom. The number of aromatic nitrogens is 1. The fourth-order valence-corrected chi connectivity index (χ4v) is 3.27. The van der Waals surface area contributed by atoms with Gasteiger partial charge in [0, 0.05) is 11.4 Å². The standard InChI is InChI=1S/C19H16F3NO5S/c1-4-26-18(25)9(2)27-11-5-6-12-14(7-11)28-17(19(20,21)22)15(16(12)24)13-8-29-10(3)23-13/h5-9H,4H2,1-3H3/t9-/m0/s1. The van der Waals surface area contributed by atoms with Crippen LogP contribution in [0, 0.1) is 6.92 Å². The molecular weight excluding hydrogens is 411 g/mol. The Kier molecular flexibility index (Phi) is 5.65. The Hall–Kier alpha value is -2.88. The zero-order chi connectivity index (χ0) is 21.3. The van der Waals surface area contributed by atoms with Crippen LogP contribution in [0.25, 0.3) is 22.2 Å². The fraction of sp³-hybridized carbons (Fsp3) is 0.316. The number of ether oxygens (including phenoxy) is 2. The van der Waals surface area contributed by atoms with Crippen molar-refractivity contribution in [3.05, 3.63) is 44.6 Å². The molecule has 0 amide bonds. The third kappa shape index (κ3) is 4.26. The maximum atomic E-state index is 13.6. The summed E-state index contributed by atoms with van der Waals surface area (Å²) in [6.07, 6.45) is -5.89. The van der Waals surface area contributed by atoms with Crippen molar-refractivity contribution in [1.82, 2.24) is 4.98 Å². The van der Waals surface area contributed by atoms with Crippen LogP contribution in [-0.2, 0) is 15.7 Å². The lowest BCUT2D eigenvalue weighted by molar-refractivity contribution is -0.152. The van der Waals surface area contributed by atoms with Crippen LogP contribution < -0.4 is 10.2 Å². The lowest BCUT2D eigenvalue weighted by Crippen LogP contribution is -2.26. The van der Waals surface area contributed by atoms with E-state index in [1.165, 1.54) is 24.4 Å². The van der Waals surface area contributed by atoms with Crippen LogP contribution in [0.4, 0.5) is 13.2 Å². The van der Waals surface area contributed by atoms with Crippen LogP contribution in [0.5, 0.6) is 5.75 Å². The highest BCUT2D eigenvalue weighted by molar-refractivity contribution is 7.09. The van der Waals surface area contributed by atoms with E-state index >= 15 is 0 Å². The highest BCUT2D eigenvalue weighted by atomic mass is 32.1. The number of carbonyl (C=O) groups is 1. The van der Waals surface area contributed by atoms with Gasteiger partial charge in [-0.05, 0) is 32.9 Å². The number of esters is 1. The van der Waals surface area contributed by atoms with Crippen LogP contribution >= 0.6 is 11.3 Å². The van der Waals surface area contributed by atoms with Crippen molar-refractivity contribution < 1.29 is 31.9 Å². The van der Waals surface area contributed by atoms with Crippen LogP contribution in [0.1, 0.15) is 24.6 Å². The van der Waals surface area contributed by atoms with Crippen molar-refractivity contribution >= 4 is 28.3 Å². The molecule has 0 spiro atoms. The van der Waals surface area contributed by atoms with Crippen molar-refractivity contribution in [3.8, 4) is 17.0 Å². The third-order valence-corrected chi connectivity index (χ3v) is 4.70. The molecule has 2 heterocycles. The summed E-state index contributed by atoms with van der Waals surface area (Å²) in [7, 11) is 0. The fourth-order valence-electron chi connectivity index (χ4n) is 2.67. The number of hydrogen-bond acceptors (Lipinski definition) is 7. The van der Waals surface area contributed by atoms with Crippen LogP contribution in [0.3, 0.4) is 0 Å². The van der Waals surface area contributed by atoms with Crippen molar-refractivity contribution in [2.45, 2.75) is 33.1 Å². The molecule has 0 N–H and O–H groups in total. The summed E-state index contributed by atoms with van der Waals surface area (Å²) in [5.41, 5.74) is -1.89. The number of halogens is 3. The predicted molar refractivity (Wildman–Crippen MR) is 100 cm³/mol. The van der Waals surface area contributed by atoms with Crippen molar-refractivity contribution in [3.63, 3.8) is 0 Å². The number of benzene rings is 1. The van der Waals surface area contributed by atoms with Gasteiger partial charge in [0.1, 0.15) is 11.3 Å². The molecule has 0 aliphatic rings. The van der Waals surface area contributed by atoms with E-state index in [1.54, 1.807) is 13.8 Å². The van der Waals surface area contributed by atoms with Gasteiger partial charge >= 0.3 is 12.1 Å². The van der Waals surface area contributed by atoms with Crippen LogP contribution in [0.2, 0.25) is 0 Å². The number of aryl methyl sites for hydroxylation is 1. The Labute approximate surface area is 166 Å². The molecule has 0 aliphatic carbocycles. The van der Waals surface area contributed by atoms with Gasteiger partial charge in [0.05, 0.1) is 28.3 Å². The van der Waals surface area contributed by atoms with E-state index < -0.39 is 35.0 Å². The molecule has 1 aromatic carbocycles. The lowest BCUT2D eigenvalue weighted by Gasteiger charge is -2.15. The van der Waals surface area contributed by atoms with Crippen molar-refractivity contribution in [2.24, 2.45) is 0 Å². The molecule has 0 unspecified atom stereocenters. The summed E-state index contributed by atoms with van der Waals surface area (Å²) in [5.74, 6) is -2.00. The maximum absolute atomic E-state index is 13.6. The molecule has 3 aromatic rings. The van der Waals surface area contributed by atoms with Gasteiger partial charge in [0.25, 0.3) is 0 Å². The first-order chi connectivity index (χ1) is 13.6. The number of thiazole rings is 1. The van der Waals surface area contributed by atoms with Gasteiger partial charge in [-0.2, -0.15) is 13.2 Å². The molecule has 1 atom stereocenters. The van der Waals surface area contributed by atoms with Crippen molar-refractivity contribution in [2.75, 3.05) is 6.61 Å². The molecule has 0 aliphatic heterocycles. The molecule has 0 fully saturated rings. The SMILES string of the molecule is CCOC(=O)[C@H](C)Oc1ccc2c(=O)c(-c3csc(C)n3)c(C(F)(F)F)oc2c1. The predicted octanol–water partition coefficient (Wildman–Crippen LogP) is 4.57. The molecule has 0 saturated heterocycles. The largest absolute Gasteiger partial charge is 0.479 e. The van der Waals surface area contributed by atoms with Crippen LogP contribution in [-0.4, -0.2) is 23.7 Å². The second-order valence-corrected chi connectivity index (χ2v) is 7.12. The second-order valence-electron chi connectivity index (χ2n) is 6.05. The first-order valence-corrected chi connectivity index (χ1v) is 9.43. The first kappa shape index (κ1) is 20.8. The summed E-state index contributed by atoms with van der Waals surface area (Å²) in [5, 5.41) is 1.83. The van der Waals surface area contributed by atoms with E-state index in [2.05, 4.69) is 4.98 Å².